The molecular weight excluding hydrogens is 322 g/mol. The third kappa shape index (κ3) is 4.22. The summed E-state index contributed by atoms with van der Waals surface area (Å²) in [6.07, 6.45) is 3.68. The van der Waals surface area contributed by atoms with Crippen LogP contribution in [-0.2, 0) is 4.79 Å². The zero-order valence-electron chi connectivity index (χ0n) is 16.9. The van der Waals surface area contributed by atoms with Gasteiger partial charge in [0.2, 0.25) is 0 Å². The van der Waals surface area contributed by atoms with Crippen molar-refractivity contribution in [2.24, 2.45) is 11.8 Å². The molecule has 2 fully saturated rings. The van der Waals surface area contributed by atoms with E-state index in [9.17, 15) is 4.79 Å². The number of nitrogens with zero attached hydrogens (tertiary/aromatic N) is 1. The lowest BCUT2D eigenvalue weighted by Crippen LogP contribution is -3.19. The highest BCUT2D eigenvalue weighted by Crippen LogP contribution is 2.29. The second kappa shape index (κ2) is 8.43. The van der Waals surface area contributed by atoms with Crippen molar-refractivity contribution in [2.45, 2.75) is 59.0 Å². The zero-order valence-corrected chi connectivity index (χ0v) is 16.9. The Morgan fingerprint density at radius 3 is 2.58 bits per heavy atom. The normalized spacial score (nSPS) is 28.6. The Morgan fingerprint density at radius 1 is 1.19 bits per heavy atom. The molecule has 1 aliphatic carbocycles. The lowest BCUT2D eigenvalue weighted by Gasteiger charge is -2.38. The van der Waals surface area contributed by atoms with Gasteiger partial charge in [-0.1, -0.05) is 44.9 Å². The number of anilines is 1. The maximum absolute atomic E-state index is 12.8. The number of rotatable bonds is 4. The first-order valence-electron chi connectivity index (χ1n) is 10.4. The van der Waals surface area contributed by atoms with Gasteiger partial charge in [-0.3, -0.25) is 4.79 Å². The Balaban J connectivity index is 1.52. The molecule has 4 nitrogen and oxygen atoms in total. The van der Waals surface area contributed by atoms with E-state index in [-0.39, 0.29) is 11.9 Å². The van der Waals surface area contributed by atoms with Crippen LogP contribution in [0.3, 0.4) is 0 Å². The van der Waals surface area contributed by atoms with Crippen LogP contribution >= 0.6 is 0 Å². The van der Waals surface area contributed by atoms with E-state index in [1.165, 1.54) is 29.0 Å². The highest BCUT2D eigenvalue weighted by Gasteiger charge is 2.33. The van der Waals surface area contributed by atoms with Crippen LogP contribution in [0, 0.1) is 18.8 Å². The SMILES string of the molecule is Cc1ccccc1N1CC[NH+]([C@H](C)C(=O)N[C@H]2CCC[C@H](C)[C@@H]2C)CC1. The Bertz CT molecular complexity index is 609. The molecule has 0 spiro atoms. The summed E-state index contributed by atoms with van der Waals surface area (Å²) >= 11 is 0. The van der Waals surface area contributed by atoms with Gasteiger partial charge in [0.15, 0.2) is 6.04 Å². The van der Waals surface area contributed by atoms with Gasteiger partial charge in [0.25, 0.3) is 5.91 Å². The zero-order chi connectivity index (χ0) is 18.7. The molecule has 0 unspecified atom stereocenters. The van der Waals surface area contributed by atoms with Crippen LogP contribution in [0.4, 0.5) is 5.69 Å². The third-order valence-electron chi connectivity index (χ3n) is 6.90. The molecule has 4 atom stereocenters. The molecule has 26 heavy (non-hydrogen) atoms. The fraction of sp³-hybridized carbons (Fsp3) is 0.682. The molecule has 1 heterocycles. The lowest BCUT2D eigenvalue weighted by molar-refractivity contribution is -0.914. The van der Waals surface area contributed by atoms with Gasteiger partial charge in [-0.25, -0.2) is 0 Å². The van der Waals surface area contributed by atoms with Crippen LogP contribution in [0.2, 0.25) is 0 Å². The van der Waals surface area contributed by atoms with Gasteiger partial charge < -0.3 is 15.1 Å². The number of benzene rings is 1. The van der Waals surface area contributed by atoms with Crippen molar-refractivity contribution < 1.29 is 9.69 Å². The molecule has 1 saturated carbocycles. The van der Waals surface area contributed by atoms with Gasteiger partial charge in [0.05, 0.1) is 26.2 Å². The van der Waals surface area contributed by atoms with E-state index in [4.69, 9.17) is 0 Å². The van der Waals surface area contributed by atoms with Gasteiger partial charge in [-0.05, 0) is 43.7 Å². The molecule has 0 bridgehead atoms. The first-order chi connectivity index (χ1) is 12.5. The quantitative estimate of drug-likeness (QED) is 0.864. The largest absolute Gasteiger partial charge is 0.360 e. The first-order valence-corrected chi connectivity index (χ1v) is 10.4. The van der Waals surface area contributed by atoms with E-state index in [1.54, 1.807) is 0 Å². The predicted octanol–water partition coefficient (Wildman–Crippen LogP) is 2.03. The van der Waals surface area contributed by atoms with E-state index in [0.29, 0.717) is 17.9 Å². The van der Waals surface area contributed by atoms with Crippen molar-refractivity contribution in [3.05, 3.63) is 29.8 Å². The lowest BCUT2D eigenvalue weighted by atomic mass is 9.78. The summed E-state index contributed by atoms with van der Waals surface area (Å²) in [6.45, 7) is 13.0. The highest BCUT2D eigenvalue weighted by atomic mass is 16.2. The minimum absolute atomic E-state index is 0.0402. The highest BCUT2D eigenvalue weighted by molar-refractivity contribution is 5.80. The summed E-state index contributed by atoms with van der Waals surface area (Å²) in [5.41, 5.74) is 2.68. The summed E-state index contributed by atoms with van der Waals surface area (Å²) < 4.78 is 0. The van der Waals surface area contributed by atoms with Crippen LogP contribution in [0.15, 0.2) is 24.3 Å². The Hall–Kier alpha value is -1.55. The fourth-order valence-corrected chi connectivity index (χ4v) is 4.66. The molecule has 0 radical (unpaired) electrons. The number of hydrogen-bond acceptors (Lipinski definition) is 2. The van der Waals surface area contributed by atoms with Gasteiger partial charge in [0.1, 0.15) is 0 Å². The molecule has 1 amide bonds. The van der Waals surface area contributed by atoms with Crippen molar-refractivity contribution in [1.82, 2.24) is 5.32 Å². The smallest absolute Gasteiger partial charge is 0.278 e. The molecule has 1 aliphatic heterocycles. The molecule has 2 N–H and O–H groups in total. The number of nitrogens with one attached hydrogen (secondary N) is 2. The van der Waals surface area contributed by atoms with E-state index in [2.05, 4.69) is 62.2 Å². The van der Waals surface area contributed by atoms with Gasteiger partial charge in [0, 0.05) is 11.7 Å². The standard InChI is InChI=1S/C22H35N3O/c1-16-9-7-10-20(18(16)3)23-22(26)19(4)24-12-14-25(15-13-24)21-11-6-5-8-17(21)2/h5-6,8,11,16,18-20H,7,9-10,12-15H2,1-4H3,(H,23,26)/p+1/t16-,18-,19+,20-/m0/s1. The monoisotopic (exact) mass is 358 g/mol. The van der Waals surface area contributed by atoms with E-state index >= 15 is 0 Å². The molecule has 3 rings (SSSR count). The molecule has 144 valence electrons. The van der Waals surface area contributed by atoms with Gasteiger partial charge in [-0.15, -0.1) is 0 Å². The molecule has 1 saturated heterocycles. The Kier molecular flexibility index (Phi) is 6.23. The number of amides is 1. The average molecular weight is 359 g/mol. The number of carbonyl (C=O) groups excluding carboxylic acids is 1. The van der Waals surface area contributed by atoms with Crippen LogP contribution in [0.1, 0.15) is 45.6 Å². The summed E-state index contributed by atoms with van der Waals surface area (Å²) in [4.78, 5) is 16.7. The van der Waals surface area contributed by atoms with Crippen LogP contribution in [0.25, 0.3) is 0 Å². The van der Waals surface area contributed by atoms with Crippen LogP contribution in [-0.4, -0.2) is 44.2 Å². The van der Waals surface area contributed by atoms with Crippen molar-refractivity contribution in [1.29, 1.82) is 0 Å². The number of quaternary nitrogens is 1. The summed E-state index contributed by atoms with van der Waals surface area (Å²) in [5, 5.41) is 3.37. The third-order valence-corrected chi connectivity index (χ3v) is 6.90. The van der Waals surface area contributed by atoms with Crippen molar-refractivity contribution in [2.75, 3.05) is 31.1 Å². The minimum Gasteiger partial charge on any atom is -0.360 e. The van der Waals surface area contributed by atoms with Gasteiger partial charge in [-0.2, -0.15) is 0 Å². The van der Waals surface area contributed by atoms with E-state index < -0.39 is 0 Å². The molecule has 4 heteroatoms. The van der Waals surface area contributed by atoms with Crippen LogP contribution in [0.5, 0.6) is 0 Å². The summed E-state index contributed by atoms with van der Waals surface area (Å²) in [7, 11) is 0. The van der Waals surface area contributed by atoms with Crippen molar-refractivity contribution >= 4 is 11.6 Å². The van der Waals surface area contributed by atoms with Crippen LogP contribution < -0.4 is 15.1 Å². The number of aryl methyl sites for hydroxylation is 1. The fourth-order valence-electron chi connectivity index (χ4n) is 4.66. The molecule has 1 aromatic rings. The van der Waals surface area contributed by atoms with E-state index in [0.717, 1.165) is 32.6 Å². The maximum Gasteiger partial charge on any atom is 0.278 e. The molecule has 0 aromatic heterocycles. The Labute approximate surface area is 158 Å². The molecular formula is C22H36N3O+. The number of carbonyl (C=O) groups is 1. The number of piperazine rings is 1. The summed E-state index contributed by atoms with van der Waals surface area (Å²) in [6, 6.07) is 9.00. The minimum atomic E-state index is 0.0402. The predicted molar refractivity (Wildman–Crippen MR) is 108 cm³/mol. The van der Waals surface area contributed by atoms with Crippen molar-refractivity contribution in [3.8, 4) is 0 Å². The maximum atomic E-state index is 12.8. The van der Waals surface area contributed by atoms with Crippen molar-refractivity contribution in [3.63, 3.8) is 0 Å². The molecule has 1 aromatic carbocycles. The van der Waals surface area contributed by atoms with Gasteiger partial charge >= 0.3 is 0 Å². The summed E-state index contributed by atoms with van der Waals surface area (Å²) in [5.74, 6) is 1.55. The number of para-hydroxylation sites is 1. The van der Waals surface area contributed by atoms with E-state index in [1.807, 2.05) is 0 Å². The Morgan fingerprint density at radius 2 is 1.88 bits per heavy atom. The molecule has 2 aliphatic rings. The topological polar surface area (TPSA) is 36.8 Å². The first kappa shape index (κ1) is 19.2. The number of hydrogen-bond donors (Lipinski definition) is 2. The average Bonchev–Trinajstić information content (AvgIpc) is 2.65. The second-order valence-electron chi connectivity index (χ2n) is 8.54. The second-order valence-corrected chi connectivity index (χ2v) is 8.54.